The van der Waals surface area contributed by atoms with Crippen molar-refractivity contribution in [2.45, 2.75) is 58.8 Å². The van der Waals surface area contributed by atoms with Crippen molar-refractivity contribution in [3.05, 3.63) is 72.1 Å². The van der Waals surface area contributed by atoms with Crippen LogP contribution < -0.4 is 10.2 Å². The van der Waals surface area contributed by atoms with Gasteiger partial charge in [0.05, 0.1) is 12.2 Å². The summed E-state index contributed by atoms with van der Waals surface area (Å²) in [5, 5.41) is 7.55. The van der Waals surface area contributed by atoms with Gasteiger partial charge in [0.25, 0.3) is 0 Å². The quantitative estimate of drug-likeness (QED) is 0.527. The number of carbonyl (C=O) groups is 2. The maximum absolute atomic E-state index is 12.9. The van der Waals surface area contributed by atoms with Crippen molar-refractivity contribution in [2.75, 3.05) is 4.90 Å². The lowest BCUT2D eigenvalue weighted by Gasteiger charge is -2.45. The SMILES string of the molecule is CCn1cc(-c2ccc3c(c2)C(NC(=O)OCc2ccccc2)[C@@H](C)C(C2CC2)N3C(C)=O)cn1. The first-order valence-electron chi connectivity index (χ1n) is 12.4. The van der Waals surface area contributed by atoms with Gasteiger partial charge in [0.15, 0.2) is 0 Å². The van der Waals surface area contributed by atoms with Gasteiger partial charge in [-0.1, -0.05) is 43.3 Å². The molecule has 7 nitrogen and oxygen atoms in total. The minimum Gasteiger partial charge on any atom is -0.445 e. The van der Waals surface area contributed by atoms with Crippen LogP contribution >= 0.6 is 0 Å². The Morgan fingerprint density at radius 2 is 1.89 bits per heavy atom. The van der Waals surface area contributed by atoms with Gasteiger partial charge >= 0.3 is 6.09 Å². The average molecular weight is 473 g/mol. The summed E-state index contributed by atoms with van der Waals surface area (Å²) in [5.41, 5.74) is 4.75. The van der Waals surface area contributed by atoms with Crippen LogP contribution in [-0.4, -0.2) is 27.8 Å². The molecule has 3 atom stereocenters. The van der Waals surface area contributed by atoms with Gasteiger partial charge in [-0.25, -0.2) is 4.79 Å². The molecule has 1 aromatic heterocycles. The number of nitrogens with one attached hydrogen (secondary N) is 1. The number of alkyl carbamates (subject to hydrolysis) is 1. The fourth-order valence-corrected chi connectivity index (χ4v) is 5.32. The second-order valence-corrected chi connectivity index (χ2v) is 9.62. The maximum Gasteiger partial charge on any atom is 0.407 e. The highest BCUT2D eigenvalue weighted by molar-refractivity contribution is 5.94. The zero-order valence-electron chi connectivity index (χ0n) is 20.5. The zero-order valence-corrected chi connectivity index (χ0v) is 20.5. The predicted octanol–water partition coefficient (Wildman–Crippen LogP) is 5.32. The Morgan fingerprint density at radius 1 is 1.11 bits per heavy atom. The number of hydrogen-bond donors (Lipinski definition) is 1. The molecule has 35 heavy (non-hydrogen) atoms. The molecular weight excluding hydrogens is 440 g/mol. The van der Waals surface area contributed by atoms with Gasteiger partial charge in [-0.15, -0.1) is 0 Å². The first-order valence-corrected chi connectivity index (χ1v) is 12.4. The average Bonchev–Trinajstić information content (AvgIpc) is 3.59. The van der Waals surface area contributed by atoms with Crippen LogP contribution in [0.5, 0.6) is 0 Å². The van der Waals surface area contributed by atoms with Crippen LogP contribution in [0.3, 0.4) is 0 Å². The number of amides is 2. The number of rotatable bonds is 6. The van der Waals surface area contributed by atoms with E-state index >= 15 is 0 Å². The smallest absolute Gasteiger partial charge is 0.407 e. The van der Waals surface area contributed by atoms with Crippen molar-refractivity contribution in [2.24, 2.45) is 11.8 Å². The number of hydrogen-bond acceptors (Lipinski definition) is 4. The van der Waals surface area contributed by atoms with E-state index in [1.165, 1.54) is 0 Å². The molecule has 2 aliphatic rings. The van der Waals surface area contributed by atoms with Crippen LogP contribution in [0.4, 0.5) is 10.5 Å². The standard InChI is InChI=1S/C28H32N4O3/c1-4-31-16-23(15-29-31)22-12-13-25-24(14-22)26(18(2)27(21-10-11-21)32(25)19(3)33)30-28(34)35-17-20-8-6-5-7-9-20/h5-9,12-16,18,21,26-27H,4,10-11,17H2,1-3H3,(H,30,34)/t18-,26?,27?/m1/s1. The molecule has 1 fully saturated rings. The number of anilines is 1. The Labute approximate surface area is 206 Å². The molecule has 2 aromatic carbocycles. The highest BCUT2D eigenvalue weighted by Gasteiger charge is 2.48. The summed E-state index contributed by atoms with van der Waals surface area (Å²) in [6.07, 6.45) is 5.62. The van der Waals surface area contributed by atoms with E-state index in [1.807, 2.05) is 64.4 Å². The van der Waals surface area contributed by atoms with Crippen molar-refractivity contribution in [3.8, 4) is 11.1 Å². The molecule has 1 aliphatic carbocycles. The maximum atomic E-state index is 12.9. The molecule has 0 radical (unpaired) electrons. The molecule has 2 heterocycles. The topological polar surface area (TPSA) is 76.5 Å². The van der Waals surface area contributed by atoms with Crippen LogP contribution in [0, 0.1) is 11.8 Å². The van der Waals surface area contributed by atoms with E-state index in [1.54, 1.807) is 6.92 Å². The Balaban J connectivity index is 1.48. The Hall–Kier alpha value is -3.61. The van der Waals surface area contributed by atoms with Crippen LogP contribution in [-0.2, 0) is 22.7 Å². The number of carbonyl (C=O) groups excluding carboxylic acids is 2. The minimum atomic E-state index is -0.452. The number of nitrogens with zero attached hydrogens (tertiary/aromatic N) is 3. The zero-order chi connectivity index (χ0) is 24.5. The van der Waals surface area contributed by atoms with Crippen molar-refractivity contribution < 1.29 is 14.3 Å². The monoisotopic (exact) mass is 472 g/mol. The normalized spacial score (nSPS) is 21.3. The van der Waals surface area contributed by atoms with Crippen molar-refractivity contribution in [3.63, 3.8) is 0 Å². The highest BCUT2D eigenvalue weighted by Crippen LogP contribution is 2.49. The van der Waals surface area contributed by atoms with Gasteiger partial charge in [0.2, 0.25) is 5.91 Å². The van der Waals surface area contributed by atoms with Crippen LogP contribution in [0.15, 0.2) is 60.9 Å². The van der Waals surface area contributed by atoms with Crippen molar-refractivity contribution in [1.29, 1.82) is 0 Å². The third-order valence-corrected chi connectivity index (χ3v) is 7.21. The van der Waals surface area contributed by atoms with Gasteiger partial charge in [-0.2, -0.15) is 5.10 Å². The highest BCUT2D eigenvalue weighted by atomic mass is 16.5. The molecule has 0 saturated heterocycles. The number of benzene rings is 2. The van der Waals surface area contributed by atoms with Gasteiger partial charge in [0, 0.05) is 42.9 Å². The Bertz CT molecular complexity index is 1220. The summed E-state index contributed by atoms with van der Waals surface area (Å²) in [7, 11) is 0. The number of aryl methyl sites for hydroxylation is 1. The van der Waals surface area contributed by atoms with E-state index in [0.717, 1.165) is 47.3 Å². The molecule has 2 unspecified atom stereocenters. The Kier molecular flexibility index (Phi) is 6.32. The first kappa shape index (κ1) is 23.1. The molecule has 1 saturated carbocycles. The molecule has 0 bridgehead atoms. The summed E-state index contributed by atoms with van der Waals surface area (Å²) in [6, 6.07) is 15.6. The molecule has 182 valence electrons. The van der Waals surface area contributed by atoms with Crippen LogP contribution in [0.25, 0.3) is 11.1 Å². The number of fused-ring (bicyclic) bond motifs is 1. The molecule has 2 amide bonds. The van der Waals surface area contributed by atoms with E-state index in [0.29, 0.717) is 5.92 Å². The lowest BCUT2D eigenvalue weighted by Crippen LogP contribution is -2.53. The molecule has 0 spiro atoms. The minimum absolute atomic E-state index is 0.0339. The number of ether oxygens (including phenoxy) is 1. The molecule has 3 aromatic rings. The van der Waals surface area contributed by atoms with Gasteiger partial charge < -0.3 is 15.0 Å². The van der Waals surface area contributed by atoms with Gasteiger partial charge in [0.1, 0.15) is 6.61 Å². The van der Waals surface area contributed by atoms with Crippen LogP contribution in [0.1, 0.15) is 50.8 Å². The van der Waals surface area contributed by atoms with Crippen LogP contribution in [0.2, 0.25) is 0 Å². The molecule has 1 aliphatic heterocycles. The van der Waals surface area contributed by atoms with E-state index in [4.69, 9.17) is 4.74 Å². The second-order valence-electron chi connectivity index (χ2n) is 9.62. The van der Waals surface area contributed by atoms with Crippen molar-refractivity contribution in [1.82, 2.24) is 15.1 Å². The largest absolute Gasteiger partial charge is 0.445 e. The molecule has 5 rings (SSSR count). The van der Waals surface area contributed by atoms with E-state index in [9.17, 15) is 9.59 Å². The summed E-state index contributed by atoms with van der Waals surface area (Å²) in [5.74, 6) is 0.526. The molecular formula is C28H32N4O3. The van der Waals surface area contributed by atoms with Gasteiger partial charge in [-0.3, -0.25) is 9.48 Å². The van der Waals surface area contributed by atoms with Gasteiger partial charge in [-0.05, 0) is 54.5 Å². The molecule has 1 N–H and O–H groups in total. The summed E-state index contributed by atoms with van der Waals surface area (Å²) >= 11 is 0. The lowest BCUT2D eigenvalue weighted by molar-refractivity contribution is -0.117. The second kappa shape index (κ2) is 9.56. The molecule has 7 heteroatoms. The number of aromatic nitrogens is 2. The van der Waals surface area contributed by atoms with E-state index < -0.39 is 6.09 Å². The Morgan fingerprint density at radius 3 is 2.54 bits per heavy atom. The third kappa shape index (κ3) is 4.67. The fraction of sp³-hybridized carbons (Fsp3) is 0.393. The lowest BCUT2D eigenvalue weighted by atomic mass is 9.79. The summed E-state index contributed by atoms with van der Waals surface area (Å²) in [4.78, 5) is 27.7. The summed E-state index contributed by atoms with van der Waals surface area (Å²) < 4.78 is 7.46. The predicted molar refractivity (Wildman–Crippen MR) is 135 cm³/mol. The first-order chi connectivity index (χ1) is 17.0. The van der Waals surface area contributed by atoms with Crippen molar-refractivity contribution >= 4 is 17.7 Å². The van der Waals surface area contributed by atoms with E-state index in [-0.39, 0.29) is 30.5 Å². The fourth-order valence-electron chi connectivity index (χ4n) is 5.32. The van der Waals surface area contributed by atoms with E-state index in [2.05, 4.69) is 30.3 Å². The third-order valence-electron chi connectivity index (χ3n) is 7.21. The summed E-state index contributed by atoms with van der Waals surface area (Å²) in [6.45, 7) is 6.82.